The zero-order valence-electron chi connectivity index (χ0n) is 14.6. The Morgan fingerprint density at radius 2 is 2.00 bits per heavy atom. The monoisotopic (exact) mass is 312 g/mol. The standard InChI is InChI=1S/C21H28O2/c1-20-8-6-13(23-3)10-12(20)4-5-14-17(20)7-9-21(2)18(14)15-11-16(15)19(21)22/h4,10,14-18H,5-9,11H2,1-3H3/t14-,15-,16+,17+,18-,20+,21+/m1/s1. The summed E-state index contributed by atoms with van der Waals surface area (Å²) in [6.45, 7) is 4.79. The highest BCUT2D eigenvalue weighted by molar-refractivity contribution is 5.92. The molecule has 0 heterocycles. The molecule has 23 heavy (non-hydrogen) atoms. The van der Waals surface area contributed by atoms with Gasteiger partial charge < -0.3 is 4.74 Å². The van der Waals surface area contributed by atoms with E-state index in [2.05, 4.69) is 26.0 Å². The van der Waals surface area contributed by atoms with Crippen LogP contribution >= 0.6 is 0 Å². The van der Waals surface area contributed by atoms with Crippen LogP contribution < -0.4 is 0 Å². The Morgan fingerprint density at radius 1 is 1.17 bits per heavy atom. The van der Waals surface area contributed by atoms with Crippen LogP contribution in [0.2, 0.25) is 0 Å². The predicted molar refractivity (Wildman–Crippen MR) is 89.5 cm³/mol. The minimum atomic E-state index is 0.0125. The Balaban J connectivity index is 1.54. The second kappa shape index (κ2) is 4.32. The van der Waals surface area contributed by atoms with Gasteiger partial charge in [0.15, 0.2) is 0 Å². The minimum Gasteiger partial charge on any atom is -0.501 e. The molecule has 2 nitrogen and oxygen atoms in total. The van der Waals surface area contributed by atoms with Crippen LogP contribution in [-0.4, -0.2) is 12.9 Å². The molecular formula is C21H28O2. The number of hydrogen-bond acceptors (Lipinski definition) is 2. The van der Waals surface area contributed by atoms with E-state index in [4.69, 9.17) is 4.74 Å². The molecule has 0 aromatic rings. The van der Waals surface area contributed by atoms with Crippen molar-refractivity contribution in [2.75, 3.05) is 7.11 Å². The van der Waals surface area contributed by atoms with Crippen LogP contribution in [0.1, 0.15) is 52.4 Å². The largest absolute Gasteiger partial charge is 0.501 e. The fourth-order valence-electron chi connectivity index (χ4n) is 7.13. The molecule has 5 aliphatic rings. The zero-order chi connectivity index (χ0) is 16.0. The number of allylic oxidation sites excluding steroid dienone is 4. The summed E-state index contributed by atoms with van der Waals surface area (Å²) in [6, 6.07) is 0. The van der Waals surface area contributed by atoms with Crippen LogP contribution in [0.15, 0.2) is 23.5 Å². The van der Waals surface area contributed by atoms with Gasteiger partial charge in [0.05, 0.1) is 12.9 Å². The topological polar surface area (TPSA) is 26.3 Å². The van der Waals surface area contributed by atoms with E-state index in [0.717, 1.165) is 36.4 Å². The molecule has 124 valence electrons. The van der Waals surface area contributed by atoms with Crippen molar-refractivity contribution in [3.05, 3.63) is 23.5 Å². The quantitative estimate of drug-likeness (QED) is 0.712. The third kappa shape index (κ3) is 1.63. The maximum Gasteiger partial charge on any atom is 0.142 e. The smallest absolute Gasteiger partial charge is 0.142 e. The summed E-state index contributed by atoms with van der Waals surface area (Å²) in [5.41, 5.74) is 1.84. The molecular weight excluding hydrogens is 284 g/mol. The second-order valence-electron chi connectivity index (χ2n) is 9.25. The molecule has 0 N–H and O–H groups in total. The third-order valence-corrected chi connectivity index (χ3v) is 8.45. The van der Waals surface area contributed by atoms with Gasteiger partial charge in [-0.3, -0.25) is 4.79 Å². The van der Waals surface area contributed by atoms with E-state index in [9.17, 15) is 4.79 Å². The average Bonchev–Trinajstić information content (AvgIpc) is 3.28. The second-order valence-corrected chi connectivity index (χ2v) is 9.25. The fourth-order valence-corrected chi connectivity index (χ4v) is 7.13. The molecule has 0 radical (unpaired) electrons. The summed E-state index contributed by atoms with van der Waals surface area (Å²) in [4.78, 5) is 12.8. The van der Waals surface area contributed by atoms with Crippen molar-refractivity contribution in [3.63, 3.8) is 0 Å². The molecule has 0 amide bonds. The summed E-state index contributed by atoms with van der Waals surface area (Å²) < 4.78 is 5.52. The van der Waals surface area contributed by atoms with Crippen LogP contribution in [0.5, 0.6) is 0 Å². The van der Waals surface area contributed by atoms with Gasteiger partial charge in [-0.15, -0.1) is 0 Å². The molecule has 0 aliphatic heterocycles. The molecule has 0 aromatic carbocycles. The molecule has 5 rings (SSSR count). The molecule has 3 saturated carbocycles. The first kappa shape index (κ1) is 14.3. The van der Waals surface area contributed by atoms with E-state index in [-0.39, 0.29) is 5.41 Å². The molecule has 0 aromatic heterocycles. The lowest BCUT2D eigenvalue weighted by molar-refractivity contribution is -0.135. The maximum atomic E-state index is 12.8. The van der Waals surface area contributed by atoms with Crippen LogP contribution in [0.3, 0.4) is 0 Å². The van der Waals surface area contributed by atoms with Gasteiger partial charge in [-0.2, -0.15) is 0 Å². The van der Waals surface area contributed by atoms with Crippen molar-refractivity contribution >= 4 is 5.78 Å². The first-order valence-corrected chi connectivity index (χ1v) is 9.48. The lowest BCUT2D eigenvalue weighted by atomic mass is 9.48. The minimum absolute atomic E-state index is 0.0125. The van der Waals surface area contributed by atoms with Gasteiger partial charge in [0, 0.05) is 17.8 Å². The van der Waals surface area contributed by atoms with Crippen molar-refractivity contribution in [1.82, 2.24) is 0 Å². The number of rotatable bonds is 1. The highest BCUT2D eigenvalue weighted by Gasteiger charge is 2.69. The molecule has 0 unspecified atom stereocenters. The molecule has 3 fully saturated rings. The number of ketones is 1. The van der Waals surface area contributed by atoms with E-state index >= 15 is 0 Å². The predicted octanol–water partition coefficient (Wildman–Crippen LogP) is 4.51. The Kier molecular flexibility index (Phi) is 2.69. The van der Waals surface area contributed by atoms with Gasteiger partial charge in [0.1, 0.15) is 5.78 Å². The summed E-state index contributed by atoms with van der Waals surface area (Å²) in [6.07, 6.45) is 11.8. The zero-order valence-corrected chi connectivity index (χ0v) is 14.6. The Bertz CT molecular complexity index is 644. The molecule has 0 spiro atoms. The van der Waals surface area contributed by atoms with Gasteiger partial charge in [-0.1, -0.05) is 19.9 Å². The van der Waals surface area contributed by atoms with Crippen molar-refractivity contribution in [1.29, 1.82) is 0 Å². The number of methoxy groups -OCH3 is 1. The summed E-state index contributed by atoms with van der Waals surface area (Å²) in [7, 11) is 1.80. The summed E-state index contributed by atoms with van der Waals surface area (Å²) >= 11 is 0. The summed E-state index contributed by atoms with van der Waals surface area (Å²) in [5.74, 6) is 5.10. The van der Waals surface area contributed by atoms with Crippen LogP contribution in [-0.2, 0) is 9.53 Å². The first-order chi connectivity index (χ1) is 11.0. The van der Waals surface area contributed by atoms with E-state index < -0.39 is 0 Å². The lowest BCUT2D eigenvalue weighted by Crippen LogP contribution is -2.50. The van der Waals surface area contributed by atoms with Crippen LogP contribution in [0.25, 0.3) is 0 Å². The van der Waals surface area contributed by atoms with Gasteiger partial charge >= 0.3 is 0 Å². The first-order valence-electron chi connectivity index (χ1n) is 9.48. The Hall–Kier alpha value is -1.05. The van der Waals surface area contributed by atoms with Crippen molar-refractivity contribution in [2.24, 2.45) is 40.4 Å². The van der Waals surface area contributed by atoms with Crippen molar-refractivity contribution in [3.8, 4) is 0 Å². The van der Waals surface area contributed by atoms with Crippen molar-refractivity contribution < 1.29 is 9.53 Å². The molecule has 0 saturated heterocycles. The van der Waals surface area contributed by atoms with Gasteiger partial charge in [-0.25, -0.2) is 0 Å². The van der Waals surface area contributed by atoms with E-state index in [0.29, 0.717) is 23.0 Å². The number of ether oxygens (including phenoxy) is 1. The highest BCUT2D eigenvalue weighted by atomic mass is 16.5. The fraction of sp³-hybridized carbons (Fsp3) is 0.762. The van der Waals surface area contributed by atoms with Gasteiger partial charge in [-0.05, 0) is 72.8 Å². The number of fused-ring (bicyclic) bond motifs is 7. The Labute approximate surface area is 139 Å². The highest BCUT2D eigenvalue weighted by Crippen LogP contribution is 2.71. The maximum absolute atomic E-state index is 12.8. The third-order valence-electron chi connectivity index (χ3n) is 8.45. The molecule has 2 heteroatoms. The Morgan fingerprint density at radius 3 is 2.78 bits per heavy atom. The van der Waals surface area contributed by atoms with E-state index in [1.165, 1.54) is 31.3 Å². The molecule has 0 bridgehead atoms. The SMILES string of the molecule is COC1=CC2=CC[C@H]3[C@@H]4[C@@H]5C[C@@H]5C(=O)[C@@]4(C)CC[C@@H]3[C@@]2(C)CC1. The van der Waals surface area contributed by atoms with Gasteiger partial charge in [0.25, 0.3) is 0 Å². The van der Waals surface area contributed by atoms with E-state index in [1.54, 1.807) is 7.11 Å². The average molecular weight is 312 g/mol. The lowest BCUT2D eigenvalue weighted by Gasteiger charge is -2.56. The van der Waals surface area contributed by atoms with Crippen LogP contribution in [0, 0.1) is 40.4 Å². The molecule has 7 atom stereocenters. The number of carbonyl (C=O) groups is 1. The number of Topliss-reactive ketones (excluding diaryl/α,β-unsaturated/α-hetero) is 1. The molecule has 5 aliphatic carbocycles. The van der Waals surface area contributed by atoms with Crippen molar-refractivity contribution in [2.45, 2.75) is 52.4 Å². The normalized spacial score (nSPS) is 53.3. The van der Waals surface area contributed by atoms with E-state index in [1.807, 2.05) is 0 Å². The number of hydrogen-bond donors (Lipinski definition) is 0. The number of carbonyl (C=O) groups excluding carboxylic acids is 1. The van der Waals surface area contributed by atoms with Crippen LogP contribution in [0.4, 0.5) is 0 Å². The summed E-state index contributed by atoms with van der Waals surface area (Å²) in [5, 5.41) is 0. The van der Waals surface area contributed by atoms with Gasteiger partial charge in [0.2, 0.25) is 0 Å².